The highest BCUT2D eigenvalue weighted by Gasteiger charge is 2.51. The largest absolute Gasteiger partial charge is 0.507 e. The molecule has 3 nitrogen and oxygen atoms in total. The second-order valence-electron chi connectivity index (χ2n) is 6.07. The fourth-order valence-electron chi connectivity index (χ4n) is 3.83. The Morgan fingerprint density at radius 2 is 1.89 bits per heavy atom. The third kappa shape index (κ3) is 1.72. The molecule has 0 amide bonds. The Hall–Kier alpha value is -1.32. The molecule has 1 saturated carbocycles. The first-order chi connectivity index (χ1) is 9.27. The highest BCUT2D eigenvalue weighted by molar-refractivity contribution is 5.33. The Balaban J connectivity index is 1.51. The van der Waals surface area contributed by atoms with Crippen molar-refractivity contribution in [1.82, 2.24) is 0 Å². The number of phenolic OH excluding ortho intramolecular Hbond substituents is 1. The molecule has 1 saturated heterocycles. The van der Waals surface area contributed by atoms with Crippen LogP contribution < -0.4 is 0 Å². The van der Waals surface area contributed by atoms with Crippen LogP contribution in [0, 0.1) is 17.3 Å². The molecule has 1 spiro atoms. The quantitative estimate of drug-likeness (QED) is 0.787. The zero-order valence-electron chi connectivity index (χ0n) is 10.8. The maximum Gasteiger partial charge on any atom is 0.187 e. The number of fused-ring (bicyclic) bond motifs is 3. The fourth-order valence-corrected chi connectivity index (χ4v) is 3.83. The number of hydrogen-bond donors (Lipinski definition) is 1. The SMILES string of the molecule is Oc1ccccc1C1OCC2(CO1)CC1C=CC2C1. The van der Waals surface area contributed by atoms with Crippen molar-refractivity contribution in [3.8, 4) is 5.75 Å². The van der Waals surface area contributed by atoms with Gasteiger partial charge in [-0.15, -0.1) is 0 Å². The average molecular weight is 258 g/mol. The lowest BCUT2D eigenvalue weighted by molar-refractivity contribution is -0.240. The van der Waals surface area contributed by atoms with Crippen LogP contribution in [-0.4, -0.2) is 18.3 Å². The molecule has 0 aromatic heterocycles. The summed E-state index contributed by atoms with van der Waals surface area (Å²) in [5.74, 6) is 1.58. The molecule has 3 aliphatic rings. The molecule has 2 unspecified atom stereocenters. The van der Waals surface area contributed by atoms with E-state index < -0.39 is 6.29 Å². The van der Waals surface area contributed by atoms with E-state index in [0.717, 1.165) is 24.7 Å². The zero-order chi connectivity index (χ0) is 12.9. The summed E-state index contributed by atoms with van der Waals surface area (Å²) < 4.78 is 11.8. The molecule has 2 bridgehead atoms. The van der Waals surface area contributed by atoms with Gasteiger partial charge in [0.05, 0.1) is 13.2 Å². The van der Waals surface area contributed by atoms with Crippen molar-refractivity contribution in [3.05, 3.63) is 42.0 Å². The van der Waals surface area contributed by atoms with Crippen molar-refractivity contribution in [1.29, 1.82) is 0 Å². The predicted molar refractivity (Wildman–Crippen MR) is 70.5 cm³/mol. The molecule has 2 atom stereocenters. The van der Waals surface area contributed by atoms with Gasteiger partial charge < -0.3 is 14.6 Å². The van der Waals surface area contributed by atoms with E-state index >= 15 is 0 Å². The molecule has 1 N–H and O–H groups in total. The first kappa shape index (κ1) is 11.5. The van der Waals surface area contributed by atoms with Crippen molar-refractivity contribution in [2.45, 2.75) is 19.1 Å². The monoisotopic (exact) mass is 258 g/mol. The molecule has 100 valence electrons. The van der Waals surface area contributed by atoms with Crippen molar-refractivity contribution < 1.29 is 14.6 Å². The Morgan fingerprint density at radius 3 is 2.53 bits per heavy atom. The maximum absolute atomic E-state index is 9.85. The molecule has 2 aliphatic carbocycles. The Kier molecular flexibility index (Phi) is 2.47. The van der Waals surface area contributed by atoms with E-state index in [4.69, 9.17) is 9.47 Å². The van der Waals surface area contributed by atoms with Crippen LogP contribution in [0.5, 0.6) is 5.75 Å². The minimum absolute atomic E-state index is 0.181. The molecular formula is C16H18O3. The van der Waals surface area contributed by atoms with E-state index in [-0.39, 0.29) is 11.2 Å². The number of allylic oxidation sites excluding steroid dienone is 2. The van der Waals surface area contributed by atoms with Crippen molar-refractivity contribution >= 4 is 0 Å². The molecule has 2 fully saturated rings. The van der Waals surface area contributed by atoms with E-state index in [2.05, 4.69) is 12.2 Å². The third-order valence-corrected chi connectivity index (χ3v) is 4.86. The number of ether oxygens (including phenoxy) is 2. The van der Waals surface area contributed by atoms with Crippen LogP contribution in [0.3, 0.4) is 0 Å². The van der Waals surface area contributed by atoms with Gasteiger partial charge in [0, 0.05) is 11.0 Å². The molecule has 0 radical (unpaired) electrons. The standard InChI is InChI=1S/C16H18O3/c17-14-4-2-1-3-13(14)15-18-9-16(10-19-15)8-11-5-6-12(16)7-11/h1-6,11-12,15,17H,7-10H2. The summed E-state index contributed by atoms with van der Waals surface area (Å²) in [6.07, 6.45) is 6.69. The second kappa shape index (κ2) is 4.09. The van der Waals surface area contributed by atoms with Crippen molar-refractivity contribution in [3.63, 3.8) is 0 Å². The number of benzene rings is 1. The summed E-state index contributed by atoms with van der Waals surface area (Å²) in [6.45, 7) is 1.47. The van der Waals surface area contributed by atoms with Gasteiger partial charge in [0.25, 0.3) is 0 Å². The van der Waals surface area contributed by atoms with Crippen LogP contribution in [-0.2, 0) is 9.47 Å². The van der Waals surface area contributed by atoms with Gasteiger partial charge in [-0.3, -0.25) is 0 Å². The summed E-state index contributed by atoms with van der Waals surface area (Å²) in [7, 11) is 0. The van der Waals surface area contributed by atoms with Gasteiger partial charge in [-0.2, -0.15) is 0 Å². The lowest BCUT2D eigenvalue weighted by atomic mass is 9.76. The Labute approximate surface area is 112 Å². The van der Waals surface area contributed by atoms with Gasteiger partial charge in [0.1, 0.15) is 5.75 Å². The van der Waals surface area contributed by atoms with Crippen LogP contribution in [0.2, 0.25) is 0 Å². The van der Waals surface area contributed by atoms with E-state index in [0.29, 0.717) is 5.92 Å². The number of rotatable bonds is 1. The molecule has 1 aliphatic heterocycles. The minimum atomic E-state index is -0.421. The zero-order valence-corrected chi connectivity index (χ0v) is 10.8. The third-order valence-electron chi connectivity index (χ3n) is 4.86. The molecule has 1 aromatic rings. The second-order valence-corrected chi connectivity index (χ2v) is 6.07. The van der Waals surface area contributed by atoms with Crippen LogP contribution in [0.15, 0.2) is 36.4 Å². The molecular weight excluding hydrogens is 240 g/mol. The lowest BCUT2D eigenvalue weighted by Crippen LogP contribution is -2.41. The Bertz CT molecular complexity index is 514. The lowest BCUT2D eigenvalue weighted by Gasteiger charge is -2.41. The van der Waals surface area contributed by atoms with Gasteiger partial charge in [-0.05, 0) is 30.7 Å². The molecule has 1 heterocycles. The maximum atomic E-state index is 9.85. The van der Waals surface area contributed by atoms with Gasteiger partial charge in [0.2, 0.25) is 0 Å². The van der Waals surface area contributed by atoms with Gasteiger partial charge in [-0.25, -0.2) is 0 Å². The fraction of sp³-hybridized carbons (Fsp3) is 0.500. The predicted octanol–water partition coefficient (Wildman–Crippen LogP) is 3.02. The van der Waals surface area contributed by atoms with E-state index in [1.807, 2.05) is 18.2 Å². The first-order valence-corrected chi connectivity index (χ1v) is 6.96. The average Bonchev–Trinajstić information content (AvgIpc) is 3.01. The van der Waals surface area contributed by atoms with E-state index in [1.165, 1.54) is 12.8 Å². The van der Waals surface area contributed by atoms with Crippen LogP contribution in [0.25, 0.3) is 0 Å². The van der Waals surface area contributed by atoms with Gasteiger partial charge in [-0.1, -0.05) is 30.4 Å². The molecule has 19 heavy (non-hydrogen) atoms. The van der Waals surface area contributed by atoms with E-state index in [9.17, 15) is 5.11 Å². The van der Waals surface area contributed by atoms with Gasteiger partial charge in [0.15, 0.2) is 6.29 Å². The van der Waals surface area contributed by atoms with Crippen molar-refractivity contribution in [2.24, 2.45) is 17.3 Å². The highest BCUT2D eigenvalue weighted by atomic mass is 16.7. The smallest absolute Gasteiger partial charge is 0.187 e. The summed E-state index contributed by atoms with van der Waals surface area (Å²) in [5.41, 5.74) is 0.913. The topological polar surface area (TPSA) is 38.7 Å². The number of para-hydroxylation sites is 1. The van der Waals surface area contributed by atoms with E-state index in [1.54, 1.807) is 6.07 Å². The van der Waals surface area contributed by atoms with Crippen molar-refractivity contribution in [2.75, 3.05) is 13.2 Å². The highest BCUT2D eigenvalue weighted by Crippen LogP contribution is 2.54. The molecule has 3 heteroatoms. The summed E-state index contributed by atoms with van der Waals surface area (Å²) in [6, 6.07) is 7.24. The number of phenols is 1. The van der Waals surface area contributed by atoms with Gasteiger partial charge >= 0.3 is 0 Å². The summed E-state index contributed by atoms with van der Waals surface area (Å²) in [5, 5.41) is 9.85. The Morgan fingerprint density at radius 1 is 1.11 bits per heavy atom. The van der Waals surface area contributed by atoms with Crippen LogP contribution in [0.1, 0.15) is 24.7 Å². The summed E-state index contributed by atoms with van der Waals surface area (Å²) >= 11 is 0. The first-order valence-electron chi connectivity index (χ1n) is 6.96. The molecule has 1 aromatic carbocycles. The summed E-state index contributed by atoms with van der Waals surface area (Å²) in [4.78, 5) is 0. The molecule has 4 rings (SSSR count). The normalized spacial score (nSPS) is 40.1. The number of aromatic hydroxyl groups is 1. The van der Waals surface area contributed by atoms with Crippen LogP contribution >= 0.6 is 0 Å². The van der Waals surface area contributed by atoms with Crippen LogP contribution in [0.4, 0.5) is 0 Å². The minimum Gasteiger partial charge on any atom is -0.507 e. The number of hydrogen-bond acceptors (Lipinski definition) is 3.